The number of pyridine rings is 2. The zero-order chi connectivity index (χ0) is 57.6. The average Bonchev–Trinajstić information content (AvgIpc) is 3.86. The van der Waals surface area contributed by atoms with Gasteiger partial charge in [-0.25, -0.2) is 28.4 Å². The first-order valence-corrected chi connectivity index (χ1v) is 25.1. The van der Waals surface area contributed by atoms with Gasteiger partial charge < -0.3 is 40.2 Å². The number of alkyl carbamates (subject to hydrolysis) is 2. The second kappa shape index (κ2) is 24.5. The van der Waals surface area contributed by atoms with Crippen LogP contribution in [0.1, 0.15) is 62.8 Å². The van der Waals surface area contributed by atoms with E-state index in [0.29, 0.717) is 62.5 Å². The molecular formula is C54H61F8N9O8. The number of aliphatic hydroxyl groups excluding tert-OH is 1. The molecule has 2 bridgehead atoms. The van der Waals surface area contributed by atoms with Crippen molar-refractivity contribution in [2.45, 2.75) is 108 Å². The Balaban J connectivity index is 1.16. The van der Waals surface area contributed by atoms with Gasteiger partial charge in [0.25, 0.3) is 5.91 Å². The van der Waals surface area contributed by atoms with Gasteiger partial charge in [0.1, 0.15) is 29.5 Å². The predicted octanol–water partition coefficient (Wildman–Crippen LogP) is 6.42. The number of nitrogens with one attached hydrogen (secondary N) is 4. The number of rotatable bonds is 18. The lowest BCUT2D eigenvalue weighted by Gasteiger charge is -2.47. The molecule has 3 fully saturated rings. The van der Waals surface area contributed by atoms with E-state index < -0.39 is 96.1 Å². The van der Waals surface area contributed by atoms with E-state index in [0.717, 1.165) is 82.5 Å². The molecule has 426 valence electrons. The van der Waals surface area contributed by atoms with Crippen molar-refractivity contribution in [2.75, 3.05) is 52.0 Å². The monoisotopic (exact) mass is 1120 g/mol. The molecule has 7 rings (SSSR count). The standard InChI is InChI=1S/C54H61F8N9O8/c1-51(2,53(57,58)59)45(66-49(75)77-5)47(73)65-42(21-32-10-7-31(8-11-32)9-12-33-13-20-44(64-23-33)69-26-37-17-18-38(27-69)71(37)39-29-79-30-39)43(72)28-70(68-48(74)46(67-50(76)78-6)52(3,4)54(60,61)62)25-35-15-14-34(22-40(35)56)41-19-16-36(55)24-63-41/h7-8,10-11,13-16,19-20,22-24,37-39,42-43,45-46,72H,17-18,21,25-30H2,1-6H3,(H,65,73)(H,66,75)(H,67,76)(H,68,74)/t37?,38?,42-,43-,45+,46+/m0/s1. The van der Waals surface area contributed by atoms with E-state index in [4.69, 9.17) is 9.72 Å². The van der Waals surface area contributed by atoms with Gasteiger partial charge in [0, 0.05) is 66.7 Å². The third-order valence-electron chi connectivity index (χ3n) is 14.6. The van der Waals surface area contributed by atoms with Gasteiger partial charge in [0.15, 0.2) is 0 Å². The van der Waals surface area contributed by atoms with Gasteiger partial charge in [-0.05, 0) is 95.0 Å². The van der Waals surface area contributed by atoms with Gasteiger partial charge >= 0.3 is 24.5 Å². The van der Waals surface area contributed by atoms with Crippen molar-refractivity contribution in [2.24, 2.45) is 10.8 Å². The SMILES string of the molecule is COC(=O)N[C@H](C(=O)N[C@@H](Cc1ccc(C#Cc2ccc(N3CC4CCC(C3)N4C3COC3)nc2)cc1)[C@@H](O)CN(Cc1ccc(-c2ccc(F)cn2)cc1F)NC(=O)[C@@H](NC(=O)OC)C(C)(C)C(F)(F)F)C(C)(C)C(F)(F)F. The summed E-state index contributed by atoms with van der Waals surface area (Å²) in [5, 5.41) is 19.0. The number of methoxy groups -OCH3 is 2. The number of ether oxygens (including phenoxy) is 3. The lowest BCUT2D eigenvalue weighted by molar-refractivity contribution is -0.221. The average molecular weight is 1120 g/mol. The van der Waals surface area contributed by atoms with Crippen LogP contribution in [0, 0.1) is 34.3 Å². The Hall–Kier alpha value is -7.14. The predicted molar refractivity (Wildman–Crippen MR) is 270 cm³/mol. The smallest absolute Gasteiger partial charge is 0.407 e. The molecule has 2 aromatic heterocycles. The van der Waals surface area contributed by atoms with Gasteiger partial charge in [-0.2, -0.15) is 26.3 Å². The van der Waals surface area contributed by atoms with Crippen molar-refractivity contribution in [1.82, 2.24) is 41.3 Å². The summed E-state index contributed by atoms with van der Waals surface area (Å²) in [4.78, 5) is 66.4. The van der Waals surface area contributed by atoms with Gasteiger partial charge in [0.2, 0.25) is 5.91 Å². The molecule has 4 aromatic rings. The Morgan fingerprint density at radius 3 is 1.84 bits per heavy atom. The third-order valence-corrected chi connectivity index (χ3v) is 14.6. The number of hydrogen-bond acceptors (Lipinski definition) is 13. The number of anilines is 1. The molecule has 5 heterocycles. The van der Waals surface area contributed by atoms with Crippen LogP contribution in [0.25, 0.3) is 11.3 Å². The summed E-state index contributed by atoms with van der Waals surface area (Å²) in [5.74, 6) is 2.33. The molecule has 3 aliphatic rings. The number of benzene rings is 2. The number of nitrogens with zero attached hydrogens (tertiary/aromatic N) is 5. The zero-order valence-corrected chi connectivity index (χ0v) is 44.0. The number of carbonyl (C=O) groups excluding carboxylic acids is 4. The molecule has 6 atom stereocenters. The molecule has 0 saturated carbocycles. The fourth-order valence-electron chi connectivity index (χ4n) is 9.57. The van der Waals surface area contributed by atoms with Gasteiger partial charge in [-0.1, -0.05) is 36.1 Å². The van der Waals surface area contributed by atoms with Crippen LogP contribution >= 0.6 is 0 Å². The molecule has 2 unspecified atom stereocenters. The number of halogens is 8. The molecule has 0 radical (unpaired) electrons. The molecule has 0 aliphatic carbocycles. The molecule has 4 amide bonds. The van der Waals surface area contributed by atoms with E-state index in [9.17, 15) is 55.0 Å². The maximum absolute atomic E-state index is 16.0. The third kappa shape index (κ3) is 14.2. The summed E-state index contributed by atoms with van der Waals surface area (Å²) < 4.78 is 131. The van der Waals surface area contributed by atoms with Crippen molar-refractivity contribution < 1.29 is 73.6 Å². The minimum absolute atomic E-state index is 0.153. The summed E-state index contributed by atoms with van der Waals surface area (Å²) in [6.07, 6.45) is -10.7. The summed E-state index contributed by atoms with van der Waals surface area (Å²) >= 11 is 0. The molecule has 17 nitrogen and oxygen atoms in total. The Labute approximate surface area is 450 Å². The summed E-state index contributed by atoms with van der Waals surface area (Å²) in [5.41, 5.74) is -2.22. The number of piperazine rings is 1. The normalized spacial score (nSPS) is 18.5. The van der Waals surface area contributed by atoms with Crippen LogP contribution in [-0.4, -0.2) is 151 Å². The molecule has 2 aromatic carbocycles. The highest BCUT2D eigenvalue weighted by Gasteiger charge is 2.57. The van der Waals surface area contributed by atoms with E-state index in [-0.39, 0.29) is 23.2 Å². The second-order valence-corrected chi connectivity index (χ2v) is 20.8. The Bertz CT molecular complexity index is 2850. The summed E-state index contributed by atoms with van der Waals surface area (Å²) in [6, 6.07) is 10.9. The first kappa shape index (κ1) is 59.5. The van der Waals surface area contributed by atoms with Crippen LogP contribution in [0.15, 0.2) is 79.1 Å². The van der Waals surface area contributed by atoms with E-state index in [2.05, 4.69) is 46.8 Å². The number of aliphatic hydroxyl groups is 1. The van der Waals surface area contributed by atoms with E-state index in [1.54, 1.807) is 30.5 Å². The number of hydrazine groups is 1. The lowest BCUT2D eigenvalue weighted by Crippen LogP contribution is -2.63. The van der Waals surface area contributed by atoms with Crippen molar-refractivity contribution in [3.8, 4) is 23.1 Å². The molecule has 25 heteroatoms. The minimum atomic E-state index is -5.14. The highest BCUT2D eigenvalue weighted by atomic mass is 19.4. The number of fused-ring (bicyclic) bond motifs is 2. The fraction of sp³-hybridized carbons (Fsp3) is 0.481. The van der Waals surface area contributed by atoms with Crippen LogP contribution in [0.2, 0.25) is 0 Å². The van der Waals surface area contributed by atoms with Crippen LogP contribution < -0.4 is 26.3 Å². The number of aromatic nitrogens is 2. The first-order valence-electron chi connectivity index (χ1n) is 25.1. The van der Waals surface area contributed by atoms with Crippen LogP contribution in [0.3, 0.4) is 0 Å². The van der Waals surface area contributed by atoms with Crippen molar-refractivity contribution >= 4 is 29.8 Å². The molecule has 0 spiro atoms. The second-order valence-electron chi connectivity index (χ2n) is 20.8. The number of amides is 4. The molecular weight excluding hydrogens is 1050 g/mol. The largest absolute Gasteiger partial charge is 0.453 e. The summed E-state index contributed by atoms with van der Waals surface area (Å²) in [7, 11) is 1.70. The van der Waals surface area contributed by atoms with Crippen molar-refractivity contribution in [3.63, 3.8) is 0 Å². The molecule has 79 heavy (non-hydrogen) atoms. The van der Waals surface area contributed by atoms with E-state index in [1.807, 2.05) is 22.8 Å². The highest BCUT2D eigenvalue weighted by molar-refractivity contribution is 5.87. The minimum Gasteiger partial charge on any atom is -0.453 e. The van der Waals surface area contributed by atoms with Crippen molar-refractivity contribution in [3.05, 3.63) is 113 Å². The molecule has 5 N–H and O–H groups in total. The Morgan fingerprint density at radius 2 is 1.33 bits per heavy atom. The number of carbonyl (C=O) groups is 4. The van der Waals surface area contributed by atoms with Gasteiger partial charge in [0.05, 0.1) is 68.3 Å². The van der Waals surface area contributed by atoms with Crippen molar-refractivity contribution in [1.29, 1.82) is 0 Å². The number of hydrogen-bond donors (Lipinski definition) is 5. The molecule has 3 saturated heterocycles. The Kier molecular flexibility index (Phi) is 18.4. The Morgan fingerprint density at radius 1 is 0.747 bits per heavy atom. The van der Waals surface area contributed by atoms with Gasteiger partial charge in [-0.3, -0.25) is 24.9 Å². The maximum Gasteiger partial charge on any atom is 0.407 e. The quantitative estimate of drug-likeness (QED) is 0.0416. The van der Waals surface area contributed by atoms with Crippen LogP contribution in [0.5, 0.6) is 0 Å². The zero-order valence-electron chi connectivity index (χ0n) is 44.0. The first-order chi connectivity index (χ1) is 37.2. The maximum atomic E-state index is 16.0. The molecule has 3 aliphatic heterocycles. The lowest BCUT2D eigenvalue weighted by atomic mass is 9.82. The fourth-order valence-corrected chi connectivity index (χ4v) is 9.57. The van der Waals surface area contributed by atoms with Crippen LogP contribution in [0.4, 0.5) is 50.5 Å². The van der Waals surface area contributed by atoms with Gasteiger partial charge in [-0.15, -0.1) is 0 Å². The highest BCUT2D eigenvalue weighted by Crippen LogP contribution is 2.42. The number of alkyl halides is 6. The topological polar surface area (TPSA) is 200 Å². The van der Waals surface area contributed by atoms with E-state index >= 15 is 4.39 Å². The summed E-state index contributed by atoms with van der Waals surface area (Å²) in [6.45, 7) is 4.13. The van der Waals surface area contributed by atoms with Crippen LogP contribution in [-0.2, 0) is 36.8 Å². The van der Waals surface area contributed by atoms with E-state index in [1.165, 1.54) is 18.2 Å².